The molecule has 0 saturated heterocycles. The molecule has 3 aromatic rings. The van der Waals surface area contributed by atoms with Crippen molar-refractivity contribution in [3.05, 3.63) is 76.0 Å². The van der Waals surface area contributed by atoms with E-state index >= 15 is 0 Å². The van der Waals surface area contributed by atoms with Gasteiger partial charge in [0.05, 0.1) is 0 Å². The second-order valence-corrected chi connectivity index (χ2v) is 6.37. The van der Waals surface area contributed by atoms with Gasteiger partial charge in [-0.3, -0.25) is 9.59 Å². The van der Waals surface area contributed by atoms with Crippen LogP contribution in [0.15, 0.2) is 64.9 Å². The Bertz CT molecular complexity index is 979. The summed E-state index contributed by atoms with van der Waals surface area (Å²) in [7, 11) is 0. The first-order valence-corrected chi connectivity index (χ1v) is 8.43. The molecule has 2 aromatic heterocycles. The van der Waals surface area contributed by atoms with Gasteiger partial charge in [-0.2, -0.15) is 13.2 Å². The van der Waals surface area contributed by atoms with Crippen LogP contribution in [-0.4, -0.2) is 10.5 Å². The van der Waals surface area contributed by atoms with Crippen molar-refractivity contribution in [3.63, 3.8) is 0 Å². The number of aromatic nitrogens is 1. The highest BCUT2D eigenvalue weighted by Gasteiger charge is 2.34. The molecule has 0 aliphatic rings. The van der Waals surface area contributed by atoms with Gasteiger partial charge in [0, 0.05) is 22.3 Å². The zero-order valence-corrected chi connectivity index (χ0v) is 14.1. The van der Waals surface area contributed by atoms with Crippen molar-refractivity contribution in [1.82, 2.24) is 4.57 Å². The maximum Gasteiger partial charge on any atom is 0.421 e. The normalized spacial score (nSPS) is 11.3. The van der Waals surface area contributed by atoms with Crippen LogP contribution in [0.25, 0.3) is 10.4 Å². The number of amides is 1. The lowest BCUT2D eigenvalue weighted by Crippen LogP contribution is -2.32. The third-order valence-corrected chi connectivity index (χ3v) is 4.53. The monoisotopic (exact) mass is 378 g/mol. The number of rotatable bonds is 4. The third kappa shape index (κ3) is 3.85. The summed E-state index contributed by atoms with van der Waals surface area (Å²) in [4.78, 5) is 25.1. The number of hydrogen-bond acceptors (Lipinski definition) is 3. The van der Waals surface area contributed by atoms with Crippen molar-refractivity contribution in [2.75, 3.05) is 5.32 Å². The summed E-state index contributed by atoms with van der Waals surface area (Å²) < 4.78 is 39.2. The van der Waals surface area contributed by atoms with Gasteiger partial charge in [0.15, 0.2) is 0 Å². The van der Waals surface area contributed by atoms with E-state index in [1.807, 2.05) is 29.6 Å². The summed E-state index contributed by atoms with van der Waals surface area (Å²) in [6, 6.07) is 12.7. The van der Waals surface area contributed by atoms with Gasteiger partial charge in [-0.25, -0.2) is 0 Å². The molecule has 1 amide bonds. The molecule has 0 atom stereocenters. The van der Waals surface area contributed by atoms with E-state index in [0.29, 0.717) is 11.8 Å². The van der Waals surface area contributed by atoms with Crippen LogP contribution in [0.1, 0.15) is 5.56 Å². The summed E-state index contributed by atoms with van der Waals surface area (Å²) in [5.41, 5.74) is -1.22. The molecule has 2 heterocycles. The van der Waals surface area contributed by atoms with Crippen LogP contribution in [0.2, 0.25) is 0 Å². The molecule has 1 N–H and O–H groups in total. The molecule has 1 aromatic carbocycles. The lowest BCUT2D eigenvalue weighted by Gasteiger charge is -2.12. The maximum absolute atomic E-state index is 12.8. The van der Waals surface area contributed by atoms with Crippen molar-refractivity contribution in [3.8, 4) is 10.4 Å². The molecule has 0 radical (unpaired) electrons. The third-order valence-electron chi connectivity index (χ3n) is 3.63. The van der Waals surface area contributed by atoms with E-state index < -0.39 is 29.8 Å². The number of para-hydroxylation sites is 1. The van der Waals surface area contributed by atoms with E-state index in [2.05, 4.69) is 5.32 Å². The van der Waals surface area contributed by atoms with Gasteiger partial charge in [-0.05, 0) is 29.6 Å². The average molecular weight is 378 g/mol. The van der Waals surface area contributed by atoms with E-state index in [1.54, 1.807) is 12.1 Å². The second-order valence-electron chi connectivity index (χ2n) is 5.42. The highest BCUT2D eigenvalue weighted by atomic mass is 32.1. The van der Waals surface area contributed by atoms with E-state index in [9.17, 15) is 22.8 Å². The van der Waals surface area contributed by atoms with Crippen LogP contribution in [0.5, 0.6) is 0 Å². The van der Waals surface area contributed by atoms with Gasteiger partial charge in [-0.15, -0.1) is 11.3 Å². The minimum atomic E-state index is -4.76. The minimum absolute atomic E-state index is 0.512. The number of thiophene rings is 1. The van der Waals surface area contributed by atoms with E-state index in [4.69, 9.17) is 0 Å². The lowest BCUT2D eigenvalue weighted by atomic mass is 10.1. The largest absolute Gasteiger partial charge is 0.421 e. The van der Waals surface area contributed by atoms with Crippen molar-refractivity contribution in [2.24, 2.45) is 0 Å². The van der Waals surface area contributed by atoms with E-state index in [-0.39, 0.29) is 0 Å². The molecule has 26 heavy (non-hydrogen) atoms. The molecule has 3 rings (SSSR count). The SMILES string of the molecule is O=C(Cn1cccc(C(F)(F)F)c1=O)Nc1ccccc1-c1cccs1. The Morgan fingerprint density at radius 3 is 2.54 bits per heavy atom. The summed E-state index contributed by atoms with van der Waals surface area (Å²) in [6.07, 6.45) is -3.61. The highest BCUT2D eigenvalue weighted by Crippen LogP contribution is 2.31. The molecular formula is C18H13F3N2O2S. The van der Waals surface area contributed by atoms with Gasteiger partial charge < -0.3 is 9.88 Å². The van der Waals surface area contributed by atoms with E-state index in [0.717, 1.165) is 27.3 Å². The Kier molecular flexibility index (Phi) is 4.94. The molecule has 0 fully saturated rings. The second kappa shape index (κ2) is 7.17. The predicted octanol–water partition coefficient (Wildman–Crippen LogP) is 4.23. The van der Waals surface area contributed by atoms with Crippen LogP contribution in [-0.2, 0) is 17.5 Å². The topological polar surface area (TPSA) is 51.1 Å². The first-order chi connectivity index (χ1) is 12.4. The maximum atomic E-state index is 12.8. The van der Waals surface area contributed by atoms with Crippen molar-refractivity contribution in [1.29, 1.82) is 0 Å². The van der Waals surface area contributed by atoms with Crippen LogP contribution < -0.4 is 10.9 Å². The molecule has 0 aliphatic carbocycles. The molecule has 0 bridgehead atoms. The van der Waals surface area contributed by atoms with Crippen LogP contribution in [0.3, 0.4) is 0 Å². The Labute approximate surface area is 150 Å². The quantitative estimate of drug-likeness (QED) is 0.739. The first-order valence-electron chi connectivity index (χ1n) is 7.55. The molecule has 8 heteroatoms. The number of alkyl halides is 3. The average Bonchev–Trinajstić information content (AvgIpc) is 3.10. The number of carbonyl (C=O) groups excluding carboxylic acids is 1. The number of anilines is 1. The van der Waals surface area contributed by atoms with Gasteiger partial charge >= 0.3 is 6.18 Å². The van der Waals surface area contributed by atoms with Crippen LogP contribution in [0.4, 0.5) is 18.9 Å². The van der Waals surface area contributed by atoms with Crippen molar-refractivity contribution in [2.45, 2.75) is 12.7 Å². The van der Waals surface area contributed by atoms with Crippen molar-refractivity contribution < 1.29 is 18.0 Å². The molecule has 0 saturated carbocycles. The Morgan fingerprint density at radius 2 is 1.85 bits per heavy atom. The number of benzene rings is 1. The van der Waals surface area contributed by atoms with Crippen LogP contribution in [0, 0.1) is 0 Å². The standard InChI is InChI=1S/C18H13F3N2O2S/c19-18(20,21)13-6-3-9-23(17(13)25)11-16(24)22-14-7-2-1-5-12(14)15-8-4-10-26-15/h1-10H,11H2,(H,22,24). The van der Waals surface area contributed by atoms with Gasteiger partial charge in [0.1, 0.15) is 12.1 Å². The van der Waals surface area contributed by atoms with Crippen LogP contribution >= 0.6 is 11.3 Å². The van der Waals surface area contributed by atoms with Gasteiger partial charge in [0.25, 0.3) is 5.56 Å². The molecule has 0 unspecified atom stereocenters. The Hall–Kier alpha value is -2.87. The van der Waals surface area contributed by atoms with E-state index in [1.165, 1.54) is 11.3 Å². The number of carbonyl (C=O) groups is 1. The fourth-order valence-corrected chi connectivity index (χ4v) is 3.23. The fraction of sp³-hybridized carbons (Fsp3) is 0.111. The minimum Gasteiger partial charge on any atom is -0.324 e. The summed E-state index contributed by atoms with van der Waals surface area (Å²) in [5, 5.41) is 4.56. The molecule has 0 spiro atoms. The number of nitrogens with one attached hydrogen (secondary N) is 1. The number of pyridine rings is 1. The summed E-state index contributed by atoms with van der Waals surface area (Å²) >= 11 is 1.50. The Morgan fingerprint density at radius 1 is 1.08 bits per heavy atom. The van der Waals surface area contributed by atoms with Gasteiger partial charge in [-0.1, -0.05) is 24.3 Å². The van der Waals surface area contributed by atoms with Crippen molar-refractivity contribution >= 4 is 22.9 Å². The molecule has 4 nitrogen and oxygen atoms in total. The molecule has 0 aliphatic heterocycles. The fourth-order valence-electron chi connectivity index (χ4n) is 2.46. The van der Waals surface area contributed by atoms with Gasteiger partial charge in [0.2, 0.25) is 5.91 Å². The zero-order valence-electron chi connectivity index (χ0n) is 13.3. The summed E-state index contributed by atoms with van der Waals surface area (Å²) in [6.45, 7) is -0.512. The highest BCUT2D eigenvalue weighted by molar-refractivity contribution is 7.13. The summed E-state index contributed by atoms with van der Waals surface area (Å²) in [5.74, 6) is -0.588. The molecular weight excluding hydrogens is 365 g/mol. The molecule has 134 valence electrons. The number of hydrogen-bond donors (Lipinski definition) is 1. The number of halogens is 3. The lowest BCUT2D eigenvalue weighted by molar-refractivity contribution is -0.139. The predicted molar refractivity (Wildman–Crippen MR) is 94.1 cm³/mol. The number of nitrogens with zero attached hydrogens (tertiary/aromatic N) is 1. The zero-order chi connectivity index (χ0) is 18.7. The Balaban J connectivity index is 1.83. The smallest absolute Gasteiger partial charge is 0.324 e. The first kappa shape index (κ1) is 17.9.